The average molecular weight is 157 g/mol. The topological polar surface area (TPSA) is 77.8 Å². The van der Waals surface area contributed by atoms with Crippen LogP contribution in [-0.4, -0.2) is 33.7 Å². The molecule has 1 heterocycles. The number of aliphatic carboxylic acids is 1. The van der Waals surface area contributed by atoms with E-state index >= 15 is 0 Å². The first-order valence-electron chi connectivity index (χ1n) is 3.02. The van der Waals surface area contributed by atoms with Gasteiger partial charge in [-0.1, -0.05) is 6.08 Å². The quantitative estimate of drug-likeness (QED) is 0.569. The van der Waals surface area contributed by atoms with Gasteiger partial charge in [0.05, 0.1) is 5.92 Å². The van der Waals surface area contributed by atoms with E-state index < -0.39 is 18.0 Å². The van der Waals surface area contributed by atoms with E-state index in [1.165, 1.54) is 12.3 Å². The van der Waals surface area contributed by atoms with E-state index in [2.05, 4.69) is 0 Å². The number of amides is 1. The van der Waals surface area contributed by atoms with E-state index in [1.807, 2.05) is 0 Å². The van der Waals surface area contributed by atoms with E-state index in [0.29, 0.717) is 0 Å². The second kappa shape index (κ2) is 2.61. The van der Waals surface area contributed by atoms with Crippen LogP contribution in [0.2, 0.25) is 0 Å². The summed E-state index contributed by atoms with van der Waals surface area (Å²) in [6.07, 6.45) is 1.50. The second-order valence-corrected chi connectivity index (χ2v) is 2.22. The summed E-state index contributed by atoms with van der Waals surface area (Å²) in [5.41, 5.74) is 0. The van der Waals surface area contributed by atoms with Gasteiger partial charge in [-0.15, -0.1) is 0 Å². The molecular formula is C6H7NO4. The molecule has 0 saturated heterocycles. The third-order valence-corrected chi connectivity index (χ3v) is 1.45. The molecular weight excluding hydrogens is 150 g/mol. The highest BCUT2D eigenvalue weighted by atomic mass is 16.4. The molecule has 0 aromatic heterocycles. The fraction of sp³-hybridized carbons (Fsp3) is 0.333. The molecule has 1 amide bonds. The van der Waals surface area contributed by atoms with Gasteiger partial charge in [-0.3, -0.25) is 9.69 Å². The molecule has 5 heteroatoms. The lowest BCUT2D eigenvalue weighted by molar-refractivity contribution is -0.139. The van der Waals surface area contributed by atoms with Gasteiger partial charge in [0.25, 0.3) is 0 Å². The first-order valence-corrected chi connectivity index (χ1v) is 3.02. The molecule has 1 aliphatic rings. The molecule has 0 saturated carbocycles. The molecule has 0 aromatic carbocycles. The molecule has 0 aromatic rings. The Hall–Kier alpha value is -1.52. The van der Waals surface area contributed by atoms with E-state index in [9.17, 15) is 9.59 Å². The minimum absolute atomic E-state index is 0.0185. The van der Waals surface area contributed by atoms with Gasteiger partial charge in [0, 0.05) is 12.7 Å². The van der Waals surface area contributed by atoms with Crippen LogP contribution in [0.1, 0.15) is 0 Å². The van der Waals surface area contributed by atoms with E-state index in [0.717, 1.165) is 4.90 Å². The number of carbonyl (C=O) groups is 2. The molecule has 1 rings (SSSR count). The van der Waals surface area contributed by atoms with Crippen LogP contribution in [0.5, 0.6) is 0 Å². The van der Waals surface area contributed by atoms with Crippen LogP contribution in [0.25, 0.3) is 0 Å². The predicted molar refractivity (Wildman–Crippen MR) is 35.0 cm³/mol. The van der Waals surface area contributed by atoms with Crippen molar-refractivity contribution in [2.45, 2.75) is 0 Å². The SMILES string of the molecule is O=C(O)C1C=CN(C(=O)O)C1. The van der Waals surface area contributed by atoms with E-state index in [4.69, 9.17) is 10.2 Å². The Kier molecular flexibility index (Phi) is 1.80. The molecule has 0 fully saturated rings. The van der Waals surface area contributed by atoms with Crippen LogP contribution < -0.4 is 0 Å². The van der Waals surface area contributed by atoms with Gasteiger partial charge in [0.1, 0.15) is 0 Å². The number of rotatable bonds is 1. The van der Waals surface area contributed by atoms with Crippen molar-refractivity contribution in [3.63, 3.8) is 0 Å². The molecule has 2 N–H and O–H groups in total. The van der Waals surface area contributed by atoms with Gasteiger partial charge in [0.2, 0.25) is 0 Å². The molecule has 1 aliphatic heterocycles. The van der Waals surface area contributed by atoms with Gasteiger partial charge in [-0.2, -0.15) is 0 Å². The van der Waals surface area contributed by atoms with Crippen LogP contribution in [0.3, 0.4) is 0 Å². The van der Waals surface area contributed by atoms with Gasteiger partial charge >= 0.3 is 12.1 Å². The van der Waals surface area contributed by atoms with Crippen LogP contribution in [0.15, 0.2) is 12.3 Å². The average Bonchev–Trinajstić information content (AvgIpc) is 2.33. The van der Waals surface area contributed by atoms with Crippen molar-refractivity contribution in [3.05, 3.63) is 12.3 Å². The normalized spacial score (nSPS) is 22.2. The Morgan fingerprint density at radius 3 is 2.36 bits per heavy atom. The van der Waals surface area contributed by atoms with Crippen molar-refractivity contribution in [2.75, 3.05) is 6.54 Å². The highest BCUT2D eigenvalue weighted by Gasteiger charge is 2.25. The van der Waals surface area contributed by atoms with Gasteiger partial charge in [-0.05, 0) is 0 Å². The number of nitrogens with zero attached hydrogens (tertiary/aromatic N) is 1. The van der Waals surface area contributed by atoms with Gasteiger partial charge in [-0.25, -0.2) is 4.79 Å². The number of hydrogen-bond acceptors (Lipinski definition) is 2. The van der Waals surface area contributed by atoms with Crippen LogP contribution in [0.4, 0.5) is 4.79 Å². The summed E-state index contributed by atoms with van der Waals surface area (Å²) in [4.78, 5) is 21.5. The van der Waals surface area contributed by atoms with Crippen LogP contribution in [0, 0.1) is 5.92 Å². The fourth-order valence-electron chi connectivity index (χ4n) is 0.844. The number of carboxylic acids is 1. The Morgan fingerprint density at radius 1 is 1.45 bits per heavy atom. The van der Waals surface area contributed by atoms with Crippen molar-refractivity contribution < 1.29 is 19.8 Å². The maximum absolute atomic E-state index is 10.3. The van der Waals surface area contributed by atoms with E-state index in [-0.39, 0.29) is 6.54 Å². The van der Waals surface area contributed by atoms with Gasteiger partial charge < -0.3 is 10.2 Å². The molecule has 5 nitrogen and oxygen atoms in total. The van der Waals surface area contributed by atoms with Crippen LogP contribution in [-0.2, 0) is 4.79 Å². The first-order chi connectivity index (χ1) is 5.11. The Bertz CT molecular complexity index is 201. The Labute approximate surface area is 62.5 Å². The lowest BCUT2D eigenvalue weighted by Crippen LogP contribution is -2.26. The predicted octanol–water partition coefficient (Wildman–Crippen LogP) is 0.195. The largest absolute Gasteiger partial charge is 0.481 e. The Morgan fingerprint density at radius 2 is 2.09 bits per heavy atom. The second-order valence-electron chi connectivity index (χ2n) is 2.22. The summed E-state index contributed by atoms with van der Waals surface area (Å²) in [7, 11) is 0. The zero-order chi connectivity index (χ0) is 8.43. The first kappa shape index (κ1) is 7.59. The lowest BCUT2D eigenvalue weighted by atomic mass is 10.2. The Balaban J connectivity index is 2.56. The summed E-state index contributed by atoms with van der Waals surface area (Å²) in [6, 6.07) is 0. The summed E-state index contributed by atoms with van der Waals surface area (Å²) in [5, 5.41) is 16.8. The summed E-state index contributed by atoms with van der Waals surface area (Å²) >= 11 is 0. The van der Waals surface area contributed by atoms with Crippen molar-refractivity contribution in [3.8, 4) is 0 Å². The lowest BCUT2D eigenvalue weighted by Gasteiger charge is -2.08. The third kappa shape index (κ3) is 1.49. The molecule has 0 aliphatic carbocycles. The fourth-order valence-corrected chi connectivity index (χ4v) is 0.844. The number of carboxylic acid groups (broad SMARTS) is 2. The minimum atomic E-state index is -1.12. The maximum atomic E-state index is 10.3. The minimum Gasteiger partial charge on any atom is -0.481 e. The smallest absolute Gasteiger partial charge is 0.411 e. The van der Waals surface area contributed by atoms with Crippen molar-refractivity contribution in [1.82, 2.24) is 4.90 Å². The molecule has 0 radical (unpaired) electrons. The third-order valence-electron chi connectivity index (χ3n) is 1.45. The van der Waals surface area contributed by atoms with Crippen molar-refractivity contribution >= 4 is 12.1 Å². The zero-order valence-corrected chi connectivity index (χ0v) is 5.60. The molecule has 1 atom stereocenters. The number of hydrogen-bond donors (Lipinski definition) is 2. The highest BCUT2D eigenvalue weighted by molar-refractivity contribution is 5.75. The zero-order valence-electron chi connectivity index (χ0n) is 5.60. The molecule has 60 valence electrons. The van der Waals surface area contributed by atoms with Gasteiger partial charge in [0.15, 0.2) is 0 Å². The maximum Gasteiger partial charge on any atom is 0.411 e. The van der Waals surface area contributed by atoms with Crippen LogP contribution >= 0.6 is 0 Å². The highest BCUT2D eigenvalue weighted by Crippen LogP contribution is 2.11. The van der Waals surface area contributed by atoms with Crippen molar-refractivity contribution in [1.29, 1.82) is 0 Å². The summed E-state index contributed by atoms with van der Waals surface area (Å²) in [6.45, 7) is 0.0185. The molecule has 0 bridgehead atoms. The van der Waals surface area contributed by atoms with E-state index in [1.54, 1.807) is 0 Å². The molecule has 0 spiro atoms. The standard InChI is InChI=1S/C6H7NO4/c8-5(9)4-1-2-7(3-4)6(10)11/h1-2,4H,3H2,(H,8,9)(H,10,11). The summed E-state index contributed by atoms with van der Waals surface area (Å²) in [5.74, 6) is -1.68. The summed E-state index contributed by atoms with van der Waals surface area (Å²) < 4.78 is 0. The van der Waals surface area contributed by atoms with Crippen molar-refractivity contribution in [2.24, 2.45) is 5.92 Å². The molecule has 1 unspecified atom stereocenters. The molecule has 11 heavy (non-hydrogen) atoms. The monoisotopic (exact) mass is 157 g/mol.